The van der Waals surface area contributed by atoms with E-state index in [1.54, 1.807) is 0 Å². The molecule has 1 amide bonds. The van der Waals surface area contributed by atoms with Gasteiger partial charge in [-0.3, -0.25) is 4.79 Å². The molecule has 3 nitrogen and oxygen atoms in total. The summed E-state index contributed by atoms with van der Waals surface area (Å²) in [6, 6.07) is 12.3. The third-order valence-corrected chi connectivity index (χ3v) is 4.67. The second kappa shape index (κ2) is 8.19. The monoisotopic (exact) mass is 339 g/mol. The van der Waals surface area contributed by atoms with E-state index < -0.39 is 6.10 Å². The number of amides is 1. The highest BCUT2D eigenvalue weighted by atomic mass is 16.5. The Labute approximate surface area is 151 Å². The number of benzene rings is 2. The van der Waals surface area contributed by atoms with Crippen LogP contribution >= 0.6 is 0 Å². The van der Waals surface area contributed by atoms with Crippen LogP contribution in [-0.2, 0) is 4.79 Å². The number of carbonyl (C=O) groups is 1. The molecule has 0 aliphatic carbocycles. The molecule has 3 heteroatoms. The minimum Gasteiger partial charge on any atom is -0.480 e. The fourth-order valence-corrected chi connectivity index (χ4v) is 2.73. The summed E-state index contributed by atoms with van der Waals surface area (Å²) >= 11 is 0. The maximum atomic E-state index is 12.7. The van der Waals surface area contributed by atoms with Gasteiger partial charge in [-0.2, -0.15) is 0 Å². The average molecular weight is 339 g/mol. The van der Waals surface area contributed by atoms with E-state index in [1.807, 2.05) is 45.9 Å². The van der Waals surface area contributed by atoms with Gasteiger partial charge in [-0.1, -0.05) is 37.3 Å². The minimum atomic E-state index is -0.491. The van der Waals surface area contributed by atoms with Crippen molar-refractivity contribution in [3.8, 4) is 5.75 Å². The first-order valence-corrected chi connectivity index (χ1v) is 8.93. The zero-order valence-corrected chi connectivity index (χ0v) is 16.1. The quantitative estimate of drug-likeness (QED) is 0.808. The molecule has 2 aromatic rings. The number of aryl methyl sites for hydroxylation is 4. The lowest BCUT2D eigenvalue weighted by Gasteiger charge is -2.22. The standard InChI is InChI=1S/C22H29NO2/c1-7-20(25-21-12-14(2)8-9-16(21)4)22(24)23-18(6)19-11-10-15(3)17(5)13-19/h8-13,18,20H,7H2,1-6H3,(H,23,24)/t18-,20-/m1/s1. The maximum absolute atomic E-state index is 12.7. The van der Waals surface area contributed by atoms with Crippen LogP contribution in [0, 0.1) is 27.7 Å². The smallest absolute Gasteiger partial charge is 0.261 e. The van der Waals surface area contributed by atoms with Gasteiger partial charge in [-0.15, -0.1) is 0 Å². The first-order chi connectivity index (χ1) is 11.8. The summed E-state index contributed by atoms with van der Waals surface area (Å²) in [5, 5.41) is 3.08. The highest BCUT2D eigenvalue weighted by Crippen LogP contribution is 2.22. The van der Waals surface area contributed by atoms with Gasteiger partial charge in [0, 0.05) is 0 Å². The summed E-state index contributed by atoms with van der Waals surface area (Å²) in [6.07, 6.45) is 0.133. The molecule has 2 aromatic carbocycles. The number of hydrogen-bond donors (Lipinski definition) is 1. The predicted molar refractivity (Wildman–Crippen MR) is 103 cm³/mol. The lowest BCUT2D eigenvalue weighted by atomic mass is 10.0. The molecule has 0 spiro atoms. The van der Waals surface area contributed by atoms with Crippen LogP contribution in [0.1, 0.15) is 54.1 Å². The number of nitrogens with one attached hydrogen (secondary N) is 1. The van der Waals surface area contributed by atoms with Crippen molar-refractivity contribution in [3.05, 3.63) is 64.2 Å². The van der Waals surface area contributed by atoms with Crippen LogP contribution in [-0.4, -0.2) is 12.0 Å². The number of rotatable bonds is 6. The summed E-state index contributed by atoms with van der Waals surface area (Å²) in [5.74, 6) is 0.704. The molecule has 0 saturated heterocycles. The lowest BCUT2D eigenvalue weighted by molar-refractivity contribution is -0.128. The van der Waals surface area contributed by atoms with Crippen molar-refractivity contribution in [3.63, 3.8) is 0 Å². The number of carbonyl (C=O) groups excluding carboxylic acids is 1. The summed E-state index contributed by atoms with van der Waals surface area (Å²) in [4.78, 5) is 12.7. The molecule has 0 aliphatic rings. The van der Waals surface area contributed by atoms with E-state index in [0.717, 1.165) is 22.4 Å². The fraction of sp³-hybridized carbons (Fsp3) is 0.409. The van der Waals surface area contributed by atoms with Crippen LogP contribution in [0.15, 0.2) is 36.4 Å². The van der Waals surface area contributed by atoms with Gasteiger partial charge in [0.2, 0.25) is 0 Å². The molecule has 134 valence electrons. The molecular weight excluding hydrogens is 310 g/mol. The Bertz CT molecular complexity index is 752. The van der Waals surface area contributed by atoms with Crippen LogP contribution in [0.4, 0.5) is 0 Å². The van der Waals surface area contributed by atoms with Gasteiger partial charge >= 0.3 is 0 Å². The van der Waals surface area contributed by atoms with Gasteiger partial charge in [0.25, 0.3) is 5.91 Å². The third kappa shape index (κ3) is 4.85. The molecule has 0 saturated carbocycles. The Morgan fingerprint density at radius 1 is 1.00 bits per heavy atom. The van der Waals surface area contributed by atoms with E-state index in [1.165, 1.54) is 11.1 Å². The Hall–Kier alpha value is -2.29. The summed E-state index contributed by atoms with van der Waals surface area (Å²) in [5.41, 5.74) is 5.76. The largest absolute Gasteiger partial charge is 0.480 e. The molecule has 0 heterocycles. The highest BCUT2D eigenvalue weighted by molar-refractivity contribution is 5.81. The third-order valence-electron chi connectivity index (χ3n) is 4.67. The van der Waals surface area contributed by atoms with Crippen LogP contribution < -0.4 is 10.1 Å². The van der Waals surface area contributed by atoms with Crippen molar-refractivity contribution >= 4 is 5.91 Å². The molecule has 25 heavy (non-hydrogen) atoms. The van der Waals surface area contributed by atoms with Crippen LogP contribution in [0.25, 0.3) is 0 Å². The van der Waals surface area contributed by atoms with Crippen molar-refractivity contribution in [1.29, 1.82) is 0 Å². The Balaban J connectivity index is 2.08. The van der Waals surface area contributed by atoms with Crippen LogP contribution in [0.3, 0.4) is 0 Å². The number of ether oxygens (including phenoxy) is 1. The second-order valence-electron chi connectivity index (χ2n) is 6.86. The summed E-state index contributed by atoms with van der Waals surface area (Å²) in [7, 11) is 0. The molecule has 1 N–H and O–H groups in total. The van der Waals surface area contributed by atoms with Crippen molar-refractivity contribution in [2.24, 2.45) is 0 Å². The Kier molecular flexibility index (Phi) is 6.24. The highest BCUT2D eigenvalue weighted by Gasteiger charge is 2.21. The lowest BCUT2D eigenvalue weighted by Crippen LogP contribution is -2.39. The molecular formula is C22H29NO2. The SMILES string of the molecule is CC[C@@H](Oc1cc(C)ccc1C)C(=O)N[C@H](C)c1ccc(C)c(C)c1. The van der Waals surface area contributed by atoms with Gasteiger partial charge in [0.1, 0.15) is 5.75 Å². The fourth-order valence-electron chi connectivity index (χ4n) is 2.73. The van der Waals surface area contributed by atoms with Gasteiger partial charge < -0.3 is 10.1 Å². The van der Waals surface area contributed by atoms with Crippen molar-refractivity contribution in [2.45, 2.75) is 60.1 Å². The topological polar surface area (TPSA) is 38.3 Å². The van der Waals surface area contributed by atoms with Gasteiger partial charge in [0.15, 0.2) is 6.10 Å². The van der Waals surface area contributed by atoms with Gasteiger partial charge in [-0.25, -0.2) is 0 Å². The maximum Gasteiger partial charge on any atom is 0.261 e. The minimum absolute atomic E-state index is 0.0527. The van der Waals surface area contributed by atoms with E-state index in [2.05, 4.69) is 37.4 Å². The number of hydrogen-bond acceptors (Lipinski definition) is 2. The Morgan fingerprint density at radius 2 is 1.68 bits per heavy atom. The van der Waals surface area contributed by atoms with E-state index in [4.69, 9.17) is 4.74 Å². The summed E-state index contributed by atoms with van der Waals surface area (Å²) < 4.78 is 6.00. The summed E-state index contributed by atoms with van der Waals surface area (Å²) in [6.45, 7) is 12.2. The molecule has 0 aromatic heterocycles. The van der Waals surface area contributed by atoms with E-state index >= 15 is 0 Å². The molecule has 0 radical (unpaired) electrons. The normalized spacial score (nSPS) is 13.2. The van der Waals surface area contributed by atoms with E-state index in [-0.39, 0.29) is 11.9 Å². The zero-order valence-electron chi connectivity index (χ0n) is 16.1. The van der Waals surface area contributed by atoms with E-state index in [0.29, 0.717) is 6.42 Å². The first-order valence-electron chi connectivity index (χ1n) is 8.93. The second-order valence-corrected chi connectivity index (χ2v) is 6.86. The Morgan fingerprint density at radius 3 is 2.32 bits per heavy atom. The molecule has 0 bridgehead atoms. The van der Waals surface area contributed by atoms with E-state index in [9.17, 15) is 4.79 Å². The molecule has 2 atom stereocenters. The van der Waals surface area contributed by atoms with Crippen molar-refractivity contribution < 1.29 is 9.53 Å². The first kappa shape index (κ1) is 19.0. The van der Waals surface area contributed by atoms with Crippen LogP contribution in [0.5, 0.6) is 5.75 Å². The van der Waals surface area contributed by atoms with Gasteiger partial charge in [0.05, 0.1) is 6.04 Å². The molecule has 0 unspecified atom stereocenters. The van der Waals surface area contributed by atoms with Crippen LogP contribution in [0.2, 0.25) is 0 Å². The zero-order chi connectivity index (χ0) is 18.6. The van der Waals surface area contributed by atoms with Gasteiger partial charge in [-0.05, 0) is 74.9 Å². The molecule has 0 fully saturated rings. The predicted octanol–water partition coefficient (Wildman–Crippen LogP) is 4.96. The van der Waals surface area contributed by atoms with Crippen molar-refractivity contribution in [2.75, 3.05) is 0 Å². The van der Waals surface area contributed by atoms with Crippen molar-refractivity contribution in [1.82, 2.24) is 5.32 Å². The average Bonchev–Trinajstić information content (AvgIpc) is 2.57. The molecule has 2 rings (SSSR count). The molecule has 0 aliphatic heterocycles.